The molecular weight excluding hydrogens is 242 g/mol. The van der Waals surface area contributed by atoms with Crippen LogP contribution in [0.2, 0.25) is 0 Å². The van der Waals surface area contributed by atoms with Crippen molar-refractivity contribution < 1.29 is 13.9 Å². The third kappa shape index (κ3) is 2.53. The van der Waals surface area contributed by atoms with E-state index in [0.717, 1.165) is 25.8 Å². The van der Waals surface area contributed by atoms with Crippen molar-refractivity contribution in [3.8, 4) is 5.75 Å². The quantitative estimate of drug-likeness (QED) is 0.861. The molecule has 6 heteroatoms. The van der Waals surface area contributed by atoms with E-state index in [-0.39, 0.29) is 11.7 Å². The molecule has 4 nitrogen and oxygen atoms in total. The van der Waals surface area contributed by atoms with Gasteiger partial charge in [0.2, 0.25) is 5.43 Å². The Morgan fingerprint density at radius 1 is 1.56 bits per heavy atom. The molecule has 1 atom stereocenters. The minimum atomic E-state index is -3.06. The second kappa shape index (κ2) is 4.35. The number of aryl methyl sites for hydroxylation is 1. The van der Waals surface area contributed by atoms with Crippen LogP contribution in [0.3, 0.4) is 0 Å². The lowest BCUT2D eigenvalue weighted by Gasteiger charge is -2.27. The normalized spacial score (nSPS) is 17.8. The molecule has 1 heterocycles. The topological polar surface area (TPSA) is 54.3 Å². The zero-order valence-corrected chi connectivity index (χ0v) is 10.3. The van der Waals surface area contributed by atoms with Gasteiger partial charge in [0.25, 0.3) is 5.92 Å². The van der Waals surface area contributed by atoms with Crippen LogP contribution in [0, 0.1) is 0 Å². The highest BCUT2D eigenvalue weighted by Gasteiger charge is 2.41. The van der Waals surface area contributed by atoms with Gasteiger partial charge in [-0.2, -0.15) is 0 Å². The number of aromatic hydroxyl groups is 1. The number of pyridine rings is 1. The van der Waals surface area contributed by atoms with Crippen LogP contribution in [0.1, 0.15) is 31.5 Å². The van der Waals surface area contributed by atoms with E-state index in [4.69, 9.17) is 0 Å². The molecule has 1 saturated carbocycles. The summed E-state index contributed by atoms with van der Waals surface area (Å²) in [6.45, 7) is 0.782. The Kier molecular flexibility index (Phi) is 3.14. The second-order valence-corrected chi connectivity index (χ2v) is 4.85. The highest BCUT2D eigenvalue weighted by molar-refractivity contribution is 5.31. The second-order valence-electron chi connectivity index (χ2n) is 4.85. The summed E-state index contributed by atoms with van der Waals surface area (Å²) in [5.41, 5.74) is -0.711. The first kappa shape index (κ1) is 13.0. The Bertz CT molecular complexity index is 504. The van der Waals surface area contributed by atoms with E-state index in [1.54, 1.807) is 0 Å². The number of rotatable bonds is 4. The third-order valence-electron chi connectivity index (χ3n) is 3.07. The van der Waals surface area contributed by atoms with Crippen molar-refractivity contribution in [1.82, 2.24) is 9.88 Å². The van der Waals surface area contributed by atoms with E-state index in [1.807, 2.05) is 0 Å². The van der Waals surface area contributed by atoms with Crippen molar-refractivity contribution in [1.29, 1.82) is 0 Å². The van der Waals surface area contributed by atoms with E-state index in [1.165, 1.54) is 17.8 Å². The van der Waals surface area contributed by atoms with Gasteiger partial charge in [0.1, 0.15) is 6.04 Å². The highest BCUT2D eigenvalue weighted by Crippen LogP contribution is 2.36. The van der Waals surface area contributed by atoms with Gasteiger partial charge in [-0.15, -0.1) is 0 Å². The van der Waals surface area contributed by atoms with E-state index in [9.17, 15) is 18.7 Å². The Hall–Kier alpha value is -1.43. The van der Waals surface area contributed by atoms with Crippen LogP contribution in [0.4, 0.5) is 8.78 Å². The van der Waals surface area contributed by atoms with Crippen molar-refractivity contribution in [3.05, 3.63) is 28.2 Å². The molecule has 100 valence electrons. The number of hydrogen-bond acceptors (Lipinski definition) is 3. The molecule has 0 amide bonds. The van der Waals surface area contributed by atoms with Gasteiger partial charge < -0.3 is 15.0 Å². The molecule has 0 spiro atoms. The summed E-state index contributed by atoms with van der Waals surface area (Å²) in [5.74, 6) is -3.68. The molecule has 1 unspecified atom stereocenters. The number of hydrogen-bond donors (Lipinski definition) is 2. The van der Waals surface area contributed by atoms with Gasteiger partial charge in [0, 0.05) is 32.3 Å². The molecule has 0 aromatic carbocycles. The molecule has 1 fully saturated rings. The van der Waals surface area contributed by atoms with E-state index >= 15 is 0 Å². The molecule has 2 rings (SSSR count). The summed E-state index contributed by atoms with van der Waals surface area (Å²) in [7, 11) is 1.53. The maximum absolute atomic E-state index is 13.7. The highest BCUT2D eigenvalue weighted by atomic mass is 19.3. The predicted molar refractivity (Wildman–Crippen MR) is 62.9 cm³/mol. The average molecular weight is 258 g/mol. The number of halogens is 2. The number of nitrogens with zero attached hydrogens (tertiary/aromatic N) is 1. The summed E-state index contributed by atoms with van der Waals surface area (Å²) in [5, 5.41) is 12.5. The van der Waals surface area contributed by atoms with Gasteiger partial charge >= 0.3 is 0 Å². The summed E-state index contributed by atoms with van der Waals surface area (Å²) >= 11 is 0. The molecule has 1 aromatic rings. The monoisotopic (exact) mass is 258 g/mol. The van der Waals surface area contributed by atoms with Gasteiger partial charge in [-0.3, -0.25) is 4.79 Å². The van der Waals surface area contributed by atoms with Gasteiger partial charge in [0.15, 0.2) is 5.75 Å². The molecular formula is C12H16F2N2O2. The van der Waals surface area contributed by atoms with Gasteiger partial charge in [-0.1, -0.05) is 0 Å². The zero-order chi connectivity index (χ0) is 13.5. The Balaban J connectivity index is 2.47. The van der Waals surface area contributed by atoms with Crippen LogP contribution in [-0.4, -0.2) is 21.6 Å². The molecule has 2 N–H and O–H groups in total. The Morgan fingerprint density at radius 3 is 2.67 bits per heavy atom. The maximum Gasteiger partial charge on any atom is 0.266 e. The fraction of sp³-hybridized carbons (Fsp3) is 0.583. The molecule has 0 saturated heterocycles. The van der Waals surface area contributed by atoms with Gasteiger partial charge in [0.05, 0.1) is 5.69 Å². The molecule has 18 heavy (non-hydrogen) atoms. The van der Waals surface area contributed by atoms with Crippen LogP contribution in [-0.2, 0) is 7.05 Å². The fourth-order valence-electron chi connectivity index (χ4n) is 1.92. The Morgan fingerprint density at radius 2 is 2.17 bits per heavy atom. The minimum Gasteiger partial charge on any atom is -0.503 e. The van der Waals surface area contributed by atoms with Crippen LogP contribution in [0.25, 0.3) is 0 Å². The fourth-order valence-corrected chi connectivity index (χ4v) is 1.92. The van der Waals surface area contributed by atoms with Crippen molar-refractivity contribution in [2.45, 2.75) is 37.8 Å². The maximum atomic E-state index is 13.7. The number of aromatic nitrogens is 1. The van der Waals surface area contributed by atoms with Crippen LogP contribution in [0.5, 0.6) is 5.75 Å². The van der Waals surface area contributed by atoms with E-state index in [2.05, 4.69) is 5.32 Å². The lowest BCUT2D eigenvalue weighted by atomic mass is 10.1. The largest absolute Gasteiger partial charge is 0.503 e. The first-order valence-electron chi connectivity index (χ1n) is 5.83. The predicted octanol–water partition coefficient (Wildman–Crippen LogP) is 1.54. The van der Waals surface area contributed by atoms with E-state index in [0.29, 0.717) is 0 Å². The van der Waals surface area contributed by atoms with Crippen LogP contribution in [0.15, 0.2) is 17.1 Å². The molecule has 1 aliphatic rings. The average Bonchev–Trinajstić information content (AvgIpc) is 3.05. The summed E-state index contributed by atoms with van der Waals surface area (Å²) in [6, 6.07) is -0.166. The van der Waals surface area contributed by atoms with Crippen molar-refractivity contribution in [2.75, 3.05) is 0 Å². The minimum absolute atomic E-state index is 0.0375. The number of nitrogens with one attached hydrogen (secondary N) is 1. The molecule has 1 aromatic heterocycles. The molecule has 0 radical (unpaired) electrons. The standard InChI is InChI=1S/C12H16F2N2O2/c1-12(13,14)11(15-7-3-4-7)9-10(18)8(17)5-6-16(9)2/h5-7,11,15,18H,3-4H2,1-2H3. The lowest BCUT2D eigenvalue weighted by Crippen LogP contribution is -2.38. The molecule has 0 bridgehead atoms. The third-order valence-corrected chi connectivity index (χ3v) is 3.07. The van der Waals surface area contributed by atoms with Crippen molar-refractivity contribution in [3.63, 3.8) is 0 Å². The lowest BCUT2D eigenvalue weighted by molar-refractivity contribution is -0.0235. The zero-order valence-electron chi connectivity index (χ0n) is 10.3. The van der Waals surface area contributed by atoms with Crippen molar-refractivity contribution >= 4 is 0 Å². The molecule has 0 aliphatic heterocycles. The smallest absolute Gasteiger partial charge is 0.266 e. The van der Waals surface area contributed by atoms with Crippen LogP contribution < -0.4 is 10.7 Å². The SMILES string of the molecule is Cn1ccc(=O)c(O)c1C(NC1CC1)C(C)(F)F. The summed E-state index contributed by atoms with van der Waals surface area (Å²) in [4.78, 5) is 11.4. The van der Waals surface area contributed by atoms with Gasteiger partial charge in [-0.25, -0.2) is 8.78 Å². The van der Waals surface area contributed by atoms with E-state index < -0.39 is 23.1 Å². The number of alkyl halides is 2. The first-order valence-corrected chi connectivity index (χ1v) is 5.83. The Labute approximate surface area is 103 Å². The summed E-state index contributed by atoms with van der Waals surface area (Å²) < 4.78 is 28.7. The summed E-state index contributed by atoms with van der Waals surface area (Å²) in [6.07, 6.45) is 3.06. The first-order chi connectivity index (χ1) is 8.30. The molecule has 1 aliphatic carbocycles. The van der Waals surface area contributed by atoms with Crippen LogP contribution >= 0.6 is 0 Å². The van der Waals surface area contributed by atoms with Gasteiger partial charge in [-0.05, 0) is 12.8 Å². The van der Waals surface area contributed by atoms with Crippen molar-refractivity contribution in [2.24, 2.45) is 7.05 Å².